The molecule has 0 aromatic heterocycles. The quantitative estimate of drug-likeness (QED) is 0.552. The molecule has 5 fully saturated rings. The first kappa shape index (κ1) is 6.41. The van der Waals surface area contributed by atoms with E-state index in [-0.39, 0.29) is 12.2 Å². The molecule has 5 aliphatic rings. The molecule has 2 nitrogen and oxygen atoms in total. The molecular weight excluding hydrogens is 164 g/mol. The van der Waals surface area contributed by atoms with Gasteiger partial charge in [0.15, 0.2) is 0 Å². The van der Waals surface area contributed by atoms with Gasteiger partial charge in [-0.2, -0.15) is 0 Å². The van der Waals surface area contributed by atoms with Gasteiger partial charge in [-0.25, -0.2) is 0 Å². The van der Waals surface area contributed by atoms with Crippen molar-refractivity contribution in [2.75, 3.05) is 0 Å². The summed E-state index contributed by atoms with van der Waals surface area (Å²) >= 11 is 0. The summed E-state index contributed by atoms with van der Waals surface area (Å²) in [6, 6.07) is 0. The molecule has 5 rings (SSSR count). The second kappa shape index (κ2) is 1.49. The lowest BCUT2D eigenvalue weighted by molar-refractivity contribution is -0.109. The van der Waals surface area contributed by atoms with Crippen molar-refractivity contribution >= 4 is 0 Å². The number of hydrogen-bond donors (Lipinski definition) is 2. The van der Waals surface area contributed by atoms with Gasteiger partial charge in [0.2, 0.25) is 0 Å². The molecule has 0 saturated heterocycles. The van der Waals surface area contributed by atoms with E-state index in [0.717, 1.165) is 23.7 Å². The van der Waals surface area contributed by atoms with Crippen molar-refractivity contribution in [1.82, 2.24) is 0 Å². The largest absolute Gasteiger partial charge is 0.393 e. The highest BCUT2D eigenvalue weighted by Gasteiger charge is 2.83. The molecule has 0 unspecified atom stereocenters. The molecule has 70 valence electrons. The van der Waals surface area contributed by atoms with Crippen LogP contribution in [0.15, 0.2) is 0 Å². The summed E-state index contributed by atoms with van der Waals surface area (Å²) in [6.07, 6.45) is 1.28. The van der Waals surface area contributed by atoms with Crippen LogP contribution in [-0.2, 0) is 0 Å². The minimum Gasteiger partial charge on any atom is -0.393 e. The fraction of sp³-hybridized carbons (Fsp3) is 1.00. The van der Waals surface area contributed by atoms with Crippen molar-refractivity contribution in [3.63, 3.8) is 0 Å². The van der Waals surface area contributed by atoms with Crippen molar-refractivity contribution in [3.8, 4) is 0 Å². The van der Waals surface area contributed by atoms with Gasteiger partial charge in [0, 0.05) is 0 Å². The second-order valence-electron chi connectivity index (χ2n) is 6.01. The van der Waals surface area contributed by atoms with E-state index in [1.807, 2.05) is 0 Å². The summed E-state index contributed by atoms with van der Waals surface area (Å²) in [5.41, 5.74) is 0. The average Bonchev–Trinajstić information content (AvgIpc) is 2.52. The minimum absolute atomic E-state index is 0.0304. The first-order valence-electron chi connectivity index (χ1n) is 5.67. The van der Waals surface area contributed by atoms with Crippen LogP contribution in [-0.4, -0.2) is 22.4 Å². The maximum Gasteiger partial charge on any atom is 0.0609 e. The zero-order valence-electron chi connectivity index (χ0n) is 7.38. The Kier molecular flexibility index (Phi) is 0.733. The zero-order valence-corrected chi connectivity index (χ0v) is 7.38. The third-order valence-electron chi connectivity index (χ3n) is 6.32. The van der Waals surface area contributed by atoms with Crippen LogP contribution in [0.1, 0.15) is 6.42 Å². The smallest absolute Gasteiger partial charge is 0.0609 e. The fourth-order valence-electron chi connectivity index (χ4n) is 6.44. The molecule has 2 heteroatoms. The highest BCUT2D eigenvalue weighted by molar-refractivity contribution is 5.30. The highest BCUT2D eigenvalue weighted by atomic mass is 16.3. The van der Waals surface area contributed by atoms with E-state index in [4.69, 9.17) is 0 Å². The lowest BCUT2D eigenvalue weighted by atomic mass is 9.58. The van der Waals surface area contributed by atoms with Crippen LogP contribution in [0.3, 0.4) is 0 Å². The predicted molar refractivity (Wildman–Crippen MR) is 44.6 cm³/mol. The molecule has 0 aromatic rings. The summed E-state index contributed by atoms with van der Waals surface area (Å²) in [5.74, 6) is 5.33. The number of hydrogen-bond acceptors (Lipinski definition) is 2. The van der Waals surface area contributed by atoms with Crippen LogP contribution in [0.5, 0.6) is 0 Å². The molecule has 5 aliphatic carbocycles. The van der Waals surface area contributed by atoms with Crippen LogP contribution >= 0.6 is 0 Å². The van der Waals surface area contributed by atoms with Crippen molar-refractivity contribution in [3.05, 3.63) is 0 Å². The molecule has 0 amide bonds. The van der Waals surface area contributed by atoms with E-state index in [9.17, 15) is 10.2 Å². The summed E-state index contributed by atoms with van der Waals surface area (Å²) in [4.78, 5) is 0. The molecule has 10 atom stereocenters. The van der Waals surface area contributed by atoms with Crippen LogP contribution in [0.4, 0.5) is 0 Å². The topological polar surface area (TPSA) is 40.5 Å². The summed E-state index contributed by atoms with van der Waals surface area (Å²) in [7, 11) is 0. The van der Waals surface area contributed by atoms with Gasteiger partial charge < -0.3 is 10.2 Å². The normalized spacial score (nSPS) is 85.4. The molecular formula is C11H14O2. The van der Waals surface area contributed by atoms with Gasteiger partial charge in [0.1, 0.15) is 0 Å². The van der Waals surface area contributed by atoms with E-state index in [1.165, 1.54) is 6.42 Å². The van der Waals surface area contributed by atoms with Gasteiger partial charge in [0.25, 0.3) is 0 Å². The summed E-state index contributed by atoms with van der Waals surface area (Å²) < 4.78 is 0. The lowest BCUT2D eigenvalue weighted by Crippen LogP contribution is -2.51. The maximum absolute atomic E-state index is 10.1. The Hall–Kier alpha value is -0.0800. The number of rotatable bonds is 0. The van der Waals surface area contributed by atoms with E-state index >= 15 is 0 Å². The minimum atomic E-state index is -0.0304. The van der Waals surface area contributed by atoms with Crippen molar-refractivity contribution < 1.29 is 10.2 Å². The molecule has 0 spiro atoms. The third kappa shape index (κ3) is 0.375. The zero-order chi connectivity index (χ0) is 8.48. The van der Waals surface area contributed by atoms with Crippen molar-refractivity contribution in [2.24, 2.45) is 47.3 Å². The second-order valence-corrected chi connectivity index (χ2v) is 6.01. The van der Waals surface area contributed by atoms with Crippen molar-refractivity contribution in [2.45, 2.75) is 18.6 Å². The molecule has 2 bridgehead atoms. The maximum atomic E-state index is 10.1. The van der Waals surface area contributed by atoms with Gasteiger partial charge in [-0.3, -0.25) is 0 Å². The van der Waals surface area contributed by atoms with E-state index in [2.05, 4.69) is 0 Å². The molecule has 5 saturated carbocycles. The SMILES string of the molecule is O[C@@H]1[C@@H]2[C@@H]3[C@H](O)[C@@H]4[C@@H]5C[C@@H]([C@H]2[C@H]53)[C@@H]14. The van der Waals surface area contributed by atoms with Crippen LogP contribution in [0, 0.1) is 47.3 Å². The summed E-state index contributed by atoms with van der Waals surface area (Å²) in [5, 5.41) is 20.2. The fourth-order valence-corrected chi connectivity index (χ4v) is 6.44. The van der Waals surface area contributed by atoms with Gasteiger partial charge >= 0.3 is 0 Å². The average molecular weight is 178 g/mol. The lowest BCUT2D eigenvalue weighted by Gasteiger charge is -2.47. The Morgan fingerprint density at radius 1 is 0.615 bits per heavy atom. The first-order chi connectivity index (χ1) is 6.30. The molecule has 0 radical (unpaired) electrons. The van der Waals surface area contributed by atoms with Gasteiger partial charge in [-0.15, -0.1) is 0 Å². The molecule has 0 aliphatic heterocycles. The summed E-state index contributed by atoms with van der Waals surface area (Å²) in [6.45, 7) is 0. The van der Waals surface area contributed by atoms with Crippen LogP contribution in [0.25, 0.3) is 0 Å². The number of fused-ring (bicyclic) bond motifs is 2. The Labute approximate surface area is 76.9 Å². The molecule has 2 N–H and O–H groups in total. The van der Waals surface area contributed by atoms with Gasteiger partial charge in [0.05, 0.1) is 12.2 Å². The van der Waals surface area contributed by atoms with Crippen molar-refractivity contribution in [1.29, 1.82) is 0 Å². The van der Waals surface area contributed by atoms with Crippen LogP contribution in [0.2, 0.25) is 0 Å². The van der Waals surface area contributed by atoms with Gasteiger partial charge in [-0.1, -0.05) is 0 Å². The molecule has 13 heavy (non-hydrogen) atoms. The monoisotopic (exact) mass is 178 g/mol. The van der Waals surface area contributed by atoms with E-state index in [1.54, 1.807) is 0 Å². The standard InChI is InChI=1S/C11H14O2/c12-10-6-2-1-3-5-4(2)8(10)9(5)11(13)7(3)6/h2-13H,1H2/t2-,3+,4-,5-,6+,7+,8-,9+,10-,11+/m0/s1. The highest BCUT2D eigenvalue weighted by Crippen LogP contribution is 2.82. The number of aliphatic hydroxyl groups excluding tert-OH is 2. The molecule has 0 aromatic carbocycles. The Morgan fingerprint density at radius 3 is 1.54 bits per heavy atom. The van der Waals surface area contributed by atoms with Gasteiger partial charge in [-0.05, 0) is 53.8 Å². The van der Waals surface area contributed by atoms with E-state index in [0.29, 0.717) is 23.7 Å². The first-order valence-corrected chi connectivity index (χ1v) is 5.67. The third-order valence-corrected chi connectivity index (χ3v) is 6.32. The molecule has 0 heterocycles. The van der Waals surface area contributed by atoms with Crippen LogP contribution < -0.4 is 0 Å². The Balaban J connectivity index is 1.83. The van der Waals surface area contributed by atoms with E-state index < -0.39 is 0 Å². The number of aliphatic hydroxyl groups is 2. The predicted octanol–water partition coefficient (Wildman–Crippen LogP) is 0.0959. The Bertz CT molecular complexity index is 281. The Morgan fingerprint density at radius 2 is 1.08 bits per heavy atom.